The number of alkyl halides is 1. The number of carbonyl (C=O) groups is 1. The van der Waals surface area contributed by atoms with Gasteiger partial charge in [0.05, 0.1) is 21.9 Å². The highest BCUT2D eigenvalue weighted by Crippen LogP contribution is 2.32. The average molecular weight is 241 g/mol. The Hall–Kier alpha value is -2.13. The molecule has 0 atom stereocenters. The van der Waals surface area contributed by atoms with Gasteiger partial charge in [0.15, 0.2) is 5.78 Å². The van der Waals surface area contributed by atoms with Crippen LogP contribution < -0.4 is 0 Å². The van der Waals surface area contributed by atoms with Crippen LogP contribution in [0.15, 0.2) is 12.1 Å². The van der Waals surface area contributed by atoms with Gasteiger partial charge in [0.2, 0.25) is 5.75 Å². The number of rotatable bonds is 3. The van der Waals surface area contributed by atoms with E-state index in [0.717, 1.165) is 12.1 Å². The highest BCUT2D eigenvalue weighted by Gasteiger charge is 2.24. The Morgan fingerprint density at radius 3 is 2.69 bits per heavy atom. The van der Waals surface area contributed by atoms with Crippen LogP contribution in [0.4, 0.5) is 5.69 Å². The summed E-state index contributed by atoms with van der Waals surface area (Å²) in [6.07, 6.45) is 0. The van der Waals surface area contributed by atoms with Gasteiger partial charge in [0.25, 0.3) is 0 Å². The predicted octanol–water partition coefficient (Wildman–Crippen LogP) is 1.59. The molecule has 0 spiro atoms. The standard InChI is InChI=1S/C9H5ClN2O4/c10-3-7(13)8-5(4-11)1-2-6(9(8)14)12(15)16/h1-2,14H,3H2. The number of ketones is 1. The smallest absolute Gasteiger partial charge is 0.311 e. The molecule has 0 heterocycles. The molecule has 1 aromatic carbocycles. The third-order valence-electron chi connectivity index (χ3n) is 1.87. The van der Waals surface area contributed by atoms with Crippen molar-refractivity contribution < 1.29 is 14.8 Å². The lowest BCUT2D eigenvalue weighted by Crippen LogP contribution is -2.05. The van der Waals surface area contributed by atoms with Gasteiger partial charge in [0.1, 0.15) is 6.07 Å². The van der Waals surface area contributed by atoms with Gasteiger partial charge in [-0.2, -0.15) is 5.26 Å². The highest BCUT2D eigenvalue weighted by atomic mass is 35.5. The molecule has 0 saturated carbocycles. The third kappa shape index (κ3) is 1.94. The lowest BCUT2D eigenvalue weighted by molar-refractivity contribution is -0.385. The molecule has 0 amide bonds. The van der Waals surface area contributed by atoms with Gasteiger partial charge in [-0.3, -0.25) is 14.9 Å². The topological polar surface area (TPSA) is 104 Å². The van der Waals surface area contributed by atoms with Gasteiger partial charge in [0, 0.05) is 6.07 Å². The molecule has 0 unspecified atom stereocenters. The van der Waals surface area contributed by atoms with E-state index >= 15 is 0 Å². The summed E-state index contributed by atoms with van der Waals surface area (Å²) in [5, 5.41) is 28.7. The molecular weight excluding hydrogens is 236 g/mol. The van der Waals surface area contributed by atoms with Crippen molar-refractivity contribution in [1.82, 2.24) is 0 Å². The van der Waals surface area contributed by atoms with Gasteiger partial charge < -0.3 is 5.11 Å². The van der Waals surface area contributed by atoms with E-state index in [1.807, 2.05) is 0 Å². The second-order valence-corrected chi connectivity index (χ2v) is 3.05. The van der Waals surface area contributed by atoms with E-state index in [1.54, 1.807) is 6.07 Å². The number of halogens is 1. The van der Waals surface area contributed by atoms with Crippen molar-refractivity contribution in [3.8, 4) is 11.8 Å². The predicted molar refractivity (Wildman–Crippen MR) is 54.5 cm³/mol. The molecule has 7 heteroatoms. The summed E-state index contributed by atoms with van der Waals surface area (Å²) in [5.74, 6) is -2.03. The Bertz CT molecular complexity index is 507. The Morgan fingerprint density at radius 1 is 1.62 bits per heavy atom. The minimum absolute atomic E-state index is 0.145. The molecular formula is C9H5ClN2O4. The second kappa shape index (κ2) is 4.59. The van der Waals surface area contributed by atoms with Gasteiger partial charge in [-0.1, -0.05) is 0 Å². The number of nitriles is 1. The van der Waals surface area contributed by atoms with Crippen molar-refractivity contribution in [3.63, 3.8) is 0 Å². The Kier molecular flexibility index (Phi) is 3.43. The number of aromatic hydroxyl groups is 1. The Labute approximate surface area is 94.8 Å². The number of carbonyl (C=O) groups excluding carboxylic acids is 1. The van der Waals surface area contributed by atoms with E-state index in [-0.39, 0.29) is 5.56 Å². The maximum Gasteiger partial charge on any atom is 0.311 e. The Morgan fingerprint density at radius 2 is 2.25 bits per heavy atom. The van der Waals surface area contributed by atoms with Crippen LogP contribution in [0, 0.1) is 21.4 Å². The summed E-state index contributed by atoms with van der Waals surface area (Å²) < 4.78 is 0. The SMILES string of the molecule is N#Cc1ccc([N+](=O)[O-])c(O)c1C(=O)CCl. The maximum atomic E-state index is 11.3. The molecule has 1 rings (SSSR count). The van der Waals surface area contributed by atoms with E-state index in [4.69, 9.17) is 16.9 Å². The van der Waals surface area contributed by atoms with Gasteiger partial charge >= 0.3 is 5.69 Å². The van der Waals surface area contributed by atoms with Crippen molar-refractivity contribution in [3.05, 3.63) is 33.4 Å². The van der Waals surface area contributed by atoms with Crippen LogP contribution in [0.3, 0.4) is 0 Å². The minimum Gasteiger partial charge on any atom is -0.502 e. The molecule has 16 heavy (non-hydrogen) atoms. The monoisotopic (exact) mass is 240 g/mol. The fourth-order valence-electron chi connectivity index (χ4n) is 1.17. The van der Waals surface area contributed by atoms with Crippen LogP contribution in [0.2, 0.25) is 0 Å². The molecule has 0 aliphatic rings. The number of benzene rings is 1. The van der Waals surface area contributed by atoms with E-state index in [0.29, 0.717) is 0 Å². The summed E-state index contributed by atoms with van der Waals surface area (Å²) >= 11 is 5.28. The summed E-state index contributed by atoms with van der Waals surface area (Å²) in [6, 6.07) is 3.71. The van der Waals surface area contributed by atoms with Crippen LogP contribution in [0.25, 0.3) is 0 Å². The number of nitro groups is 1. The van der Waals surface area contributed by atoms with Crippen LogP contribution in [0.5, 0.6) is 5.75 Å². The zero-order chi connectivity index (χ0) is 12.3. The van der Waals surface area contributed by atoms with E-state index < -0.39 is 33.6 Å². The summed E-state index contributed by atoms with van der Waals surface area (Å²) in [5.41, 5.74) is -1.19. The van der Waals surface area contributed by atoms with Crippen molar-refractivity contribution >= 4 is 23.1 Å². The normalized spacial score (nSPS) is 9.50. The van der Waals surface area contributed by atoms with E-state index in [9.17, 15) is 20.0 Å². The summed E-state index contributed by atoms with van der Waals surface area (Å²) in [7, 11) is 0. The van der Waals surface area contributed by atoms with Gasteiger partial charge in [-0.15, -0.1) is 11.6 Å². The zero-order valence-electron chi connectivity index (χ0n) is 7.81. The molecule has 0 aliphatic heterocycles. The van der Waals surface area contributed by atoms with Gasteiger partial charge in [-0.25, -0.2) is 0 Å². The van der Waals surface area contributed by atoms with Crippen LogP contribution in [-0.2, 0) is 0 Å². The molecule has 0 saturated heterocycles. The third-order valence-corrected chi connectivity index (χ3v) is 2.12. The van der Waals surface area contributed by atoms with Crippen molar-refractivity contribution in [1.29, 1.82) is 5.26 Å². The van der Waals surface area contributed by atoms with Gasteiger partial charge in [-0.05, 0) is 6.07 Å². The maximum absolute atomic E-state index is 11.3. The number of phenolic OH excluding ortho intramolecular Hbond substituents is 1. The summed E-state index contributed by atoms with van der Waals surface area (Å²) in [4.78, 5) is 21.0. The van der Waals surface area contributed by atoms with E-state index in [1.165, 1.54) is 0 Å². The second-order valence-electron chi connectivity index (χ2n) is 2.78. The fraction of sp³-hybridized carbons (Fsp3) is 0.111. The molecule has 1 N–H and O–H groups in total. The fourth-order valence-corrected chi connectivity index (χ4v) is 1.30. The van der Waals surface area contributed by atoms with Crippen molar-refractivity contribution in [2.24, 2.45) is 0 Å². The highest BCUT2D eigenvalue weighted by molar-refractivity contribution is 6.31. The van der Waals surface area contributed by atoms with Crippen LogP contribution >= 0.6 is 11.6 Å². The molecule has 1 aromatic rings. The average Bonchev–Trinajstić information content (AvgIpc) is 2.26. The lowest BCUT2D eigenvalue weighted by atomic mass is 10.0. The first-order valence-electron chi connectivity index (χ1n) is 4.02. The van der Waals surface area contributed by atoms with Crippen LogP contribution in [-0.4, -0.2) is 21.7 Å². The molecule has 0 bridgehead atoms. The number of phenols is 1. The largest absolute Gasteiger partial charge is 0.502 e. The van der Waals surface area contributed by atoms with Crippen molar-refractivity contribution in [2.75, 3.05) is 5.88 Å². The number of Topliss-reactive ketones (excluding diaryl/α,β-unsaturated/α-hetero) is 1. The van der Waals surface area contributed by atoms with Crippen LogP contribution in [0.1, 0.15) is 15.9 Å². The molecule has 0 fully saturated rings. The number of hydrogen-bond donors (Lipinski definition) is 1. The zero-order valence-corrected chi connectivity index (χ0v) is 8.56. The molecule has 0 aromatic heterocycles. The first kappa shape index (κ1) is 11.9. The van der Waals surface area contributed by atoms with Crippen molar-refractivity contribution in [2.45, 2.75) is 0 Å². The quantitative estimate of drug-likeness (QED) is 0.374. The number of nitro benzene ring substituents is 1. The molecule has 0 aliphatic carbocycles. The lowest BCUT2D eigenvalue weighted by Gasteiger charge is -2.04. The van der Waals surface area contributed by atoms with E-state index in [2.05, 4.69) is 0 Å². The first-order chi connectivity index (χ1) is 7.52. The molecule has 0 radical (unpaired) electrons. The first-order valence-corrected chi connectivity index (χ1v) is 4.56. The summed E-state index contributed by atoms with van der Waals surface area (Å²) in [6.45, 7) is 0. The minimum atomic E-state index is -0.846. The number of hydrogen-bond acceptors (Lipinski definition) is 5. The molecule has 82 valence electrons. The molecule has 6 nitrogen and oxygen atoms in total. The Balaban J connectivity index is 3.54. The number of nitrogens with zero attached hydrogens (tertiary/aromatic N) is 2.